The van der Waals surface area contributed by atoms with Gasteiger partial charge in [0.15, 0.2) is 0 Å². The van der Waals surface area contributed by atoms with Crippen molar-refractivity contribution < 1.29 is 9.47 Å². The van der Waals surface area contributed by atoms with Gasteiger partial charge in [0.25, 0.3) is 0 Å². The Morgan fingerprint density at radius 3 is 2.65 bits per heavy atom. The van der Waals surface area contributed by atoms with E-state index in [1.807, 2.05) is 25.1 Å². The summed E-state index contributed by atoms with van der Waals surface area (Å²) in [4.78, 5) is 4.64. The van der Waals surface area contributed by atoms with Gasteiger partial charge in [0.1, 0.15) is 11.6 Å². The minimum Gasteiger partial charge on any atom is -0.497 e. The van der Waals surface area contributed by atoms with Gasteiger partial charge in [-0.15, -0.1) is 11.6 Å². The molecule has 0 fully saturated rings. The van der Waals surface area contributed by atoms with Crippen LogP contribution in [0.15, 0.2) is 18.2 Å². The van der Waals surface area contributed by atoms with Gasteiger partial charge >= 0.3 is 0 Å². The number of methoxy groups -OCH3 is 2. The van der Waals surface area contributed by atoms with Crippen LogP contribution in [0, 0.1) is 5.92 Å². The van der Waals surface area contributed by atoms with Gasteiger partial charge in [0, 0.05) is 19.7 Å². The lowest BCUT2D eigenvalue weighted by Gasteiger charge is -2.15. The maximum Gasteiger partial charge on any atom is 0.127 e. The number of imidazole rings is 1. The molecule has 4 nitrogen and oxygen atoms in total. The molecule has 0 bridgehead atoms. The molecule has 0 spiro atoms. The van der Waals surface area contributed by atoms with E-state index in [1.165, 1.54) is 0 Å². The molecule has 0 saturated heterocycles. The summed E-state index contributed by atoms with van der Waals surface area (Å²) < 4.78 is 12.7. The van der Waals surface area contributed by atoms with Crippen molar-refractivity contribution in [1.82, 2.24) is 9.55 Å². The molecule has 0 N–H and O–H groups in total. The third-order valence-electron chi connectivity index (χ3n) is 3.29. The largest absolute Gasteiger partial charge is 0.497 e. The average molecular weight is 297 g/mol. The van der Waals surface area contributed by atoms with Crippen molar-refractivity contribution in [3.05, 3.63) is 24.0 Å². The molecule has 0 radical (unpaired) electrons. The SMILES string of the molecule is COCC(C)Cn1c(C(C)Cl)nc2ccc(OC)cc21. The molecule has 1 heterocycles. The Balaban J connectivity index is 2.48. The van der Waals surface area contributed by atoms with Crippen molar-refractivity contribution in [2.24, 2.45) is 5.92 Å². The third kappa shape index (κ3) is 3.07. The fourth-order valence-electron chi connectivity index (χ4n) is 2.39. The molecule has 0 saturated carbocycles. The lowest BCUT2D eigenvalue weighted by Crippen LogP contribution is -2.15. The standard InChI is InChI=1S/C15H21ClN2O2/c1-10(9-19-3)8-18-14-7-12(20-4)5-6-13(14)17-15(18)11(2)16/h5-7,10-11H,8-9H2,1-4H3. The van der Waals surface area contributed by atoms with Gasteiger partial charge in [-0.25, -0.2) is 4.98 Å². The number of hydrogen-bond acceptors (Lipinski definition) is 3. The maximum atomic E-state index is 6.27. The number of halogens is 1. The third-order valence-corrected chi connectivity index (χ3v) is 3.48. The van der Waals surface area contributed by atoms with E-state index in [0.717, 1.165) is 29.2 Å². The van der Waals surface area contributed by atoms with Gasteiger partial charge in [-0.2, -0.15) is 0 Å². The van der Waals surface area contributed by atoms with E-state index in [4.69, 9.17) is 21.1 Å². The molecule has 2 unspecified atom stereocenters. The highest BCUT2D eigenvalue weighted by Gasteiger charge is 2.17. The van der Waals surface area contributed by atoms with Crippen LogP contribution in [0.5, 0.6) is 5.75 Å². The number of hydrogen-bond donors (Lipinski definition) is 0. The van der Waals surface area contributed by atoms with Crippen LogP contribution in [0.25, 0.3) is 11.0 Å². The quantitative estimate of drug-likeness (QED) is 0.764. The van der Waals surface area contributed by atoms with Gasteiger partial charge in [0.05, 0.1) is 30.1 Å². The van der Waals surface area contributed by atoms with Crippen LogP contribution in [0.2, 0.25) is 0 Å². The molecule has 0 aliphatic rings. The molecule has 2 aromatic rings. The van der Waals surface area contributed by atoms with E-state index in [9.17, 15) is 0 Å². The molecule has 20 heavy (non-hydrogen) atoms. The first-order valence-corrected chi connectivity index (χ1v) is 7.17. The summed E-state index contributed by atoms with van der Waals surface area (Å²) in [6.07, 6.45) is 0. The van der Waals surface area contributed by atoms with Gasteiger partial charge < -0.3 is 14.0 Å². The molecule has 1 aromatic carbocycles. The number of benzene rings is 1. The van der Waals surface area contributed by atoms with Crippen LogP contribution >= 0.6 is 11.6 Å². The predicted molar refractivity (Wildman–Crippen MR) is 81.6 cm³/mol. The number of aromatic nitrogens is 2. The second kappa shape index (κ2) is 6.46. The Morgan fingerprint density at radius 1 is 1.30 bits per heavy atom. The van der Waals surface area contributed by atoms with Gasteiger partial charge in [0.2, 0.25) is 0 Å². The van der Waals surface area contributed by atoms with E-state index >= 15 is 0 Å². The Bertz CT molecular complexity index is 581. The van der Waals surface area contributed by atoms with Crippen LogP contribution in [-0.4, -0.2) is 30.4 Å². The van der Waals surface area contributed by atoms with Crippen molar-refractivity contribution in [2.45, 2.75) is 25.8 Å². The molecule has 110 valence electrons. The van der Waals surface area contributed by atoms with E-state index in [1.54, 1.807) is 14.2 Å². The molecule has 2 rings (SSSR count). The summed E-state index contributed by atoms with van der Waals surface area (Å²) in [6, 6.07) is 5.89. The van der Waals surface area contributed by atoms with Gasteiger partial charge in [-0.1, -0.05) is 6.92 Å². The Labute approximate surface area is 124 Å². The average Bonchev–Trinajstić information content (AvgIpc) is 2.77. The molecule has 2 atom stereocenters. The maximum absolute atomic E-state index is 6.27. The highest BCUT2D eigenvalue weighted by molar-refractivity contribution is 6.20. The summed E-state index contributed by atoms with van der Waals surface area (Å²) in [6.45, 7) is 5.62. The zero-order valence-corrected chi connectivity index (χ0v) is 13.1. The minimum absolute atomic E-state index is 0.136. The zero-order chi connectivity index (χ0) is 14.7. The molecule has 1 aromatic heterocycles. The number of ether oxygens (including phenoxy) is 2. The molecule has 0 amide bonds. The molecule has 0 aliphatic carbocycles. The fourth-order valence-corrected chi connectivity index (χ4v) is 2.56. The minimum atomic E-state index is -0.136. The normalized spacial score (nSPS) is 14.4. The Kier molecular flexibility index (Phi) is 4.89. The van der Waals surface area contributed by atoms with Crippen LogP contribution in [0.3, 0.4) is 0 Å². The molecular formula is C15H21ClN2O2. The van der Waals surface area contributed by atoms with Crippen molar-refractivity contribution >= 4 is 22.6 Å². The van der Waals surface area contributed by atoms with E-state index in [0.29, 0.717) is 12.5 Å². The smallest absolute Gasteiger partial charge is 0.127 e. The highest BCUT2D eigenvalue weighted by atomic mass is 35.5. The van der Waals surface area contributed by atoms with Crippen molar-refractivity contribution in [3.63, 3.8) is 0 Å². The second-order valence-electron chi connectivity index (χ2n) is 5.11. The summed E-state index contributed by atoms with van der Waals surface area (Å²) in [5.41, 5.74) is 1.99. The Hall–Kier alpha value is -1.26. The first-order valence-electron chi connectivity index (χ1n) is 6.74. The lowest BCUT2D eigenvalue weighted by molar-refractivity contribution is 0.151. The summed E-state index contributed by atoms with van der Waals surface area (Å²) >= 11 is 6.27. The van der Waals surface area contributed by atoms with Crippen LogP contribution in [0.4, 0.5) is 0 Å². The first kappa shape index (κ1) is 15.1. The van der Waals surface area contributed by atoms with Crippen molar-refractivity contribution in [3.8, 4) is 5.75 Å². The topological polar surface area (TPSA) is 36.3 Å². The van der Waals surface area contributed by atoms with Crippen molar-refractivity contribution in [1.29, 1.82) is 0 Å². The van der Waals surface area contributed by atoms with E-state index in [-0.39, 0.29) is 5.38 Å². The van der Waals surface area contributed by atoms with E-state index in [2.05, 4.69) is 16.5 Å². The number of alkyl halides is 1. The highest BCUT2D eigenvalue weighted by Crippen LogP contribution is 2.28. The van der Waals surface area contributed by atoms with Gasteiger partial charge in [-0.3, -0.25) is 0 Å². The second-order valence-corrected chi connectivity index (χ2v) is 5.77. The molecule has 0 aliphatic heterocycles. The van der Waals surface area contributed by atoms with Crippen LogP contribution < -0.4 is 4.74 Å². The summed E-state index contributed by atoms with van der Waals surface area (Å²) in [5.74, 6) is 2.10. The van der Waals surface area contributed by atoms with E-state index < -0.39 is 0 Å². The lowest BCUT2D eigenvalue weighted by atomic mass is 10.2. The van der Waals surface area contributed by atoms with Crippen molar-refractivity contribution in [2.75, 3.05) is 20.8 Å². The predicted octanol–water partition coefficient (Wildman–Crippen LogP) is 3.63. The molecule has 5 heteroatoms. The van der Waals surface area contributed by atoms with Gasteiger partial charge in [-0.05, 0) is 25.0 Å². The fraction of sp³-hybridized carbons (Fsp3) is 0.533. The molecular weight excluding hydrogens is 276 g/mol. The summed E-state index contributed by atoms with van der Waals surface area (Å²) in [7, 11) is 3.39. The number of rotatable bonds is 6. The van der Waals surface area contributed by atoms with Crippen LogP contribution in [-0.2, 0) is 11.3 Å². The van der Waals surface area contributed by atoms with Crippen LogP contribution in [0.1, 0.15) is 25.0 Å². The summed E-state index contributed by atoms with van der Waals surface area (Å²) in [5, 5.41) is -0.136. The Morgan fingerprint density at radius 2 is 2.05 bits per heavy atom. The monoisotopic (exact) mass is 296 g/mol. The number of nitrogens with zero attached hydrogens (tertiary/aromatic N) is 2. The zero-order valence-electron chi connectivity index (χ0n) is 12.4. The number of fused-ring (bicyclic) bond motifs is 1. The first-order chi connectivity index (χ1) is 9.56.